The van der Waals surface area contributed by atoms with Gasteiger partial charge in [0, 0.05) is 23.1 Å². The lowest BCUT2D eigenvalue weighted by Gasteiger charge is -2.36. The summed E-state index contributed by atoms with van der Waals surface area (Å²) in [5.74, 6) is 0.746. The molecule has 0 spiro atoms. The largest absolute Gasteiger partial charge is 0.338 e. The van der Waals surface area contributed by atoms with E-state index in [0.717, 1.165) is 22.0 Å². The summed E-state index contributed by atoms with van der Waals surface area (Å²) >= 11 is 3.50. The third kappa shape index (κ3) is 3.19. The Hall–Kier alpha value is -0.830. The van der Waals surface area contributed by atoms with E-state index in [1.165, 1.54) is 19.3 Å². The summed E-state index contributed by atoms with van der Waals surface area (Å²) in [7, 11) is 1.95. The van der Waals surface area contributed by atoms with Crippen molar-refractivity contribution in [3.63, 3.8) is 0 Å². The van der Waals surface area contributed by atoms with Gasteiger partial charge in [-0.15, -0.1) is 0 Å². The molecule has 2 unspecified atom stereocenters. The Balaban J connectivity index is 2.15. The first-order valence-electron chi connectivity index (χ1n) is 7.04. The fraction of sp³-hybridized carbons (Fsp3) is 0.562. The molecule has 1 saturated carbocycles. The maximum Gasteiger partial charge on any atom is 0.253 e. The molecule has 0 heterocycles. The van der Waals surface area contributed by atoms with Gasteiger partial charge in [-0.3, -0.25) is 4.79 Å². The fourth-order valence-electron chi connectivity index (χ4n) is 2.95. The van der Waals surface area contributed by atoms with Crippen molar-refractivity contribution < 1.29 is 4.79 Å². The molecule has 104 valence electrons. The van der Waals surface area contributed by atoms with Crippen LogP contribution in [0.3, 0.4) is 0 Å². The lowest BCUT2D eigenvalue weighted by atomic mass is 9.85. The maximum atomic E-state index is 12.6. The summed E-state index contributed by atoms with van der Waals surface area (Å²) in [5.41, 5.74) is 1.93. The van der Waals surface area contributed by atoms with E-state index in [9.17, 15) is 4.79 Å². The second-order valence-corrected chi connectivity index (χ2v) is 6.56. The maximum absolute atomic E-state index is 12.6. The average molecular weight is 324 g/mol. The smallest absolute Gasteiger partial charge is 0.253 e. The van der Waals surface area contributed by atoms with Crippen molar-refractivity contribution in [2.75, 3.05) is 7.05 Å². The lowest BCUT2D eigenvalue weighted by Crippen LogP contribution is -2.42. The third-order valence-corrected chi connectivity index (χ3v) is 5.16. The molecule has 1 aromatic carbocycles. The van der Waals surface area contributed by atoms with Crippen LogP contribution in [0.1, 0.15) is 48.5 Å². The van der Waals surface area contributed by atoms with Crippen molar-refractivity contribution in [2.24, 2.45) is 5.92 Å². The van der Waals surface area contributed by atoms with Gasteiger partial charge >= 0.3 is 0 Å². The minimum Gasteiger partial charge on any atom is -0.338 e. The van der Waals surface area contributed by atoms with Crippen LogP contribution in [0.2, 0.25) is 0 Å². The first-order valence-corrected chi connectivity index (χ1v) is 7.83. The van der Waals surface area contributed by atoms with Gasteiger partial charge in [0.05, 0.1) is 0 Å². The molecule has 1 fully saturated rings. The molecule has 1 amide bonds. The van der Waals surface area contributed by atoms with Crippen LogP contribution in [-0.2, 0) is 0 Å². The van der Waals surface area contributed by atoms with Crippen LogP contribution in [0.4, 0.5) is 0 Å². The number of carbonyl (C=O) groups excluding carboxylic acids is 1. The van der Waals surface area contributed by atoms with Gasteiger partial charge in [-0.2, -0.15) is 0 Å². The molecular weight excluding hydrogens is 302 g/mol. The van der Waals surface area contributed by atoms with Crippen molar-refractivity contribution in [1.29, 1.82) is 0 Å². The number of hydrogen-bond donors (Lipinski definition) is 0. The minimum atomic E-state index is 0.138. The SMILES string of the molecule is Cc1ccc(C(=O)N(C)C2CCCCC2C)cc1Br. The fourth-order valence-corrected chi connectivity index (χ4v) is 3.33. The van der Waals surface area contributed by atoms with Crippen molar-refractivity contribution in [2.45, 2.75) is 45.6 Å². The zero-order chi connectivity index (χ0) is 14.0. The molecular formula is C16H22BrNO. The molecule has 1 aliphatic carbocycles. The molecule has 2 nitrogen and oxygen atoms in total. The molecule has 0 aromatic heterocycles. The molecule has 2 atom stereocenters. The number of hydrogen-bond acceptors (Lipinski definition) is 1. The summed E-state index contributed by atoms with van der Waals surface area (Å²) in [6.07, 6.45) is 4.91. The first-order chi connectivity index (χ1) is 9.00. The highest BCUT2D eigenvalue weighted by Crippen LogP contribution is 2.28. The Kier molecular flexibility index (Phi) is 4.67. The Labute approximate surface area is 124 Å². The first kappa shape index (κ1) is 14.6. The van der Waals surface area contributed by atoms with Gasteiger partial charge in [0.15, 0.2) is 0 Å². The highest BCUT2D eigenvalue weighted by atomic mass is 79.9. The second kappa shape index (κ2) is 6.08. The minimum absolute atomic E-state index is 0.138. The van der Waals surface area contributed by atoms with Crippen molar-refractivity contribution >= 4 is 21.8 Å². The molecule has 0 bridgehead atoms. The summed E-state index contributed by atoms with van der Waals surface area (Å²) in [6, 6.07) is 6.24. The Morgan fingerprint density at radius 1 is 1.32 bits per heavy atom. The second-order valence-electron chi connectivity index (χ2n) is 5.71. The Morgan fingerprint density at radius 2 is 2.00 bits per heavy atom. The third-order valence-electron chi connectivity index (χ3n) is 4.30. The average Bonchev–Trinajstić information content (AvgIpc) is 2.41. The van der Waals surface area contributed by atoms with E-state index >= 15 is 0 Å². The molecule has 19 heavy (non-hydrogen) atoms. The standard InChI is InChI=1S/C16H22BrNO/c1-11-8-9-13(10-14(11)17)16(19)18(3)15-7-5-4-6-12(15)2/h8-10,12,15H,4-7H2,1-3H3. The van der Waals surface area contributed by atoms with E-state index in [-0.39, 0.29) is 5.91 Å². The summed E-state index contributed by atoms with van der Waals surface area (Å²) in [4.78, 5) is 14.5. The zero-order valence-corrected chi connectivity index (χ0v) is 13.5. The van der Waals surface area contributed by atoms with E-state index in [2.05, 4.69) is 22.9 Å². The van der Waals surface area contributed by atoms with Gasteiger partial charge < -0.3 is 4.90 Å². The van der Waals surface area contributed by atoms with Crippen LogP contribution in [0.15, 0.2) is 22.7 Å². The Morgan fingerprint density at radius 3 is 2.63 bits per heavy atom. The van der Waals surface area contributed by atoms with Crippen molar-refractivity contribution in [1.82, 2.24) is 4.90 Å². The van der Waals surface area contributed by atoms with Gasteiger partial charge in [0.2, 0.25) is 0 Å². The topological polar surface area (TPSA) is 20.3 Å². The molecule has 0 aliphatic heterocycles. The molecule has 2 rings (SSSR count). The number of aryl methyl sites for hydroxylation is 1. The number of benzene rings is 1. The summed E-state index contributed by atoms with van der Waals surface area (Å²) in [6.45, 7) is 4.30. The summed E-state index contributed by atoms with van der Waals surface area (Å²) in [5, 5.41) is 0. The number of nitrogens with zero attached hydrogens (tertiary/aromatic N) is 1. The van der Waals surface area contributed by atoms with Gasteiger partial charge in [-0.05, 0) is 43.4 Å². The van der Waals surface area contributed by atoms with Crippen molar-refractivity contribution in [3.05, 3.63) is 33.8 Å². The number of halogens is 1. The van der Waals surface area contributed by atoms with Crippen LogP contribution in [0.25, 0.3) is 0 Å². The lowest BCUT2D eigenvalue weighted by molar-refractivity contribution is 0.0629. The van der Waals surface area contributed by atoms with Crippen LogP contribution < -0.4 is 0 Å². The van der Waals surface area contributed by atoms with E-state index in [4.69, 9.17) is 0 Å². The van der Waals surface area contributed by atoms with Gasteiger partial charge in [-0.1, -0.05) is 41.8 Å². The van der Waals surface area contributed by atoms with Crippen LogP contribution >= 0.6 is 15.9 Å². The van der Waals surface area contributed by atoms with E-state index < -0.39 is 0 Å². The monoisotopic (exact) mass is 323 g/mol. The molecule has 0 saturated heterocycles. The van der Waals surface area contributed by atoms with Crippen LogP contribution in [0, 0.1) is 12.8 Å². The van der Waals surface area contributed by atoms with Gasteiger partial charge in [-0.25, -0.2) is 0 Å². The predicted octanol–water partition coefficient (Wildman–Crippen LogP) is 4.41. The number of carbonyl (C=O) groups is 1. The predicted molar refractivity (Wildman–Crippen MR) is 82.4 cm³/mol. The normalized spacial score (nSPS) is 23.2. The summed E-state index contributed by atoms with van der Waals surface area (Å²) < 4.78 is 1.00. The number of amides is 1. The Bertz CT molecular complexity index is 472. The highest BCUT2D eigenvalue weighted by Gasteiger charge is 2.28. The molecule has 1 aliphatic rings. The highest BCUT2D eigenvalue weighted by molar-refractivity contribution is 9.10. The molecule has 1 aromatic rings. The van der Waals surface area contributed by atoms with E-state index in [1.807, 2.05) is 37.1 Å². The van der Waals surface area contributed by atoms with Crippen LogP contribution in [0.5, 0.6) is 0 Å². The van der Waals surface area contributed by atoms with Crippen molar-refractivity contribution in [3.8, 4) is 0 Å². The van der Waals surface area contributed by atoms with E-state index in [0.29, 0.717) is 12.0 Å². The van der Waals surface area contributed by atoms with E-state index in [1.54, 1.807) is 0 Å². The molecule has 0 radical (unpaired) electrons. The number of rotatable bonds is 2. The van der Waals surface area contributed by atoms with Gasteiger partial charge in [0.1, 0.15) is 0 Å². The quantitative estimate of drug-likeness (QED) is 0.789. The van der Waals surface area contributed by atoms with Crippen LogP contribution in [-0.4, -0.2) is 23.9 Å². The molecule has 3 heteroatoms. The zero-order valence-electron chi connectivity index (χ0n) is 11.9. The molecule has 0 N–H and O–H groups in total. The van der Waals surface area contributed by atoms with Gasteiger partial charge in [0.25, 0.3) is 5.91 Å².